The fourth-order valence-corrected chi connectivity index (χ4v) is 3.41. The van der Waals surface area contributed by atoms with Crippen molar-refractivity contribution in [3.8, 4) is 0 Å². The molecule has 0 bridgehead atoms. The first-order valence-corrected chi connectivity index (χ1v) is 8.80. The standard InChI is InChI=1S/C17H31N3O2/c1-2-16(21)15-8-5-7-14-13-17(22)19-11-6-10-18-9-3-4-12-20(14)15/h5,7,14-16,18,21H,2-4,6,8-13H2,1H3,(H,19,22)/t14-,15-,16?/m1/s1. The maximum atomic E-state index is 12.1. The molecule has 2 aliphatic heterocycles. The summed E-state index contributed by atoms with van der Waals surface area (Å²) in [7, 11) is 0. The Morgan fingerprint density at radius 2 is 2.14 bits per heavy atom. The SMILES string of the molecule is CCC(O)[C@H]1CC=C[C@@H]2CC(=O)NCCCNCCCCN21. The van der Waals surface area contributed by atoms with Gasteiger partial charge in [-0.25, -0.2) is 0 Å². The molecule has 0 aromatic heterocycles. The highest BCUT2D eigenvalue weighted by Gasteiger charge is 2.32. The Hall–Kier alpha value is -0.910. The fourth-order valence-electron chi connectivity index (χ4n) is 3.41. The number of aliphatic hydroxyl groups excluding tert-OH is 1. The van der Waals surface area contributed by atoms with Crippen LogP contribution in [0.4, 0.5) is 0 Å². The Morgan fingerprint density at radius 1 is 1.32 bits per heavy atom. The van der Waals surface area contributed by atoms with E-state index >= 15 is 0 Å². The molecule has 0 radical (unpaired) electrons. The summed E-state index contributed by atoms with van der Waals surface area (Å²) in [5.74, 6) is 0.116. The van der Waals surface area contributed by atoms with Gasteiger partial charge < -0.3 is 15.7 Å². The lowest BCUT2D eigenvalue weighted by molar-refractivity contribution is -0.122. The summed E-state index contributed by atoms with van der Waals surface area (Å²) >= 11 is 0. The Kier molecular flexibility index (Phi) is 7.36. The summed E-state index contributed by atoms with van der Waals surface area (Å²) in [5, 5.41) is 16.8. The van der Waals surface area contributed by atoms with E-state index in [0.29, 0.717) is 6.42 Å². The van der Waals surface area contributed by atoms with Crippen LogP contribution in [0, 0.1) is 0 Å². The highest BCUT2D eigenvalue weighted by Crippen LogP contribution is 2.24. The minimum atomic E-state index is -0.315. The molecule has 3 N–H and O–H groups in total. The van der Waals surface area contributed by atoms with Crippen molar-refractivity contribution in [2.45, 2.75) is 63.6 Å². The van der Waals surface area contributed by atoms with E-state index in [4.69, 9.17) is 0 Å². The Morgan fingerprint density at radius 3 is 2.95 bits per heavy atom. The van der Waals surface area contributed by atoms with E-state index in [0.717, 1.165) is 58.3 Å². The van der Waals surface area contributed by atoms with Crippen molar-refractivity contribution in [2.24, 2.45) is 0 Å². The van der Waals surface area contributed by atoms with Gasteiger partial charge in [0.1, 0.15) is 0 Å². The maximum absolute atomic E-state index is 12.1. The second-order valence-corrected chi connectivity index (χ2v) is 6.38. The first kappa shape index (κ1) is 17.4. The predicted molar refractivity (Wildman–Crippen MR) is 88.7 cm³/mol. The van der Waals surface area contributed by atoms with E-state index < -0.39 is 0 Å². The molecule has 1 amide bonds. The minimum Gasteiger partial charge on any atom is -0.391 e. The zero-order valence-corrected chi connectivity index (χ0v) is 13.8. The van der Waals surface area contributed by atoms with Crippen LogP contribution in [0.5, 0.6) is 0 Å². The summed E-state index contributed by atoms with van der Waals surface area (Å²) in [6, 6.07) is 0.263. The first-order valence-electron chi connectivity index (χ1n) is 8.80. The molecule has 5 heteroatoms. The molecule has 0 aliphatic carbocycles. The molecular weight excluding hydrogens is 278 g/mol. The predicted octanol–water partition coefficient (Wildman–Crippen LogP) is 1.04. The molecule has 2 heterocycles. The van der Waals surface area contributed by atoms with Crippen molar-refractivity contribution >= 4 is 5.91 Å². The molecule has 0 aromatic carbocycles. The zero-order chi connectivity index (χ0) is 15.8. The van der Waals surface area contributed by atoms with Gasteiger partial charge in [0.05, 0.1) is 6.10 Å². The van der Waals surface area contributed by atoms with E-state index in [1.165, 1.54) is 0 Å². The topological polar surface area (TPSA) is 64.6 Å². The molecule has 2 rings (SSSR count). The lowest BCUT2D eigenvalue weighted by Crippen LogP contribution is -2.51. The molecule has 5 nitrogen and oxygen atoms in total. The van der Waals surface area contributed by atoms with Gasteiger partial charge in [-0.1, -0.05) is 19.1 Å². The van der Waals surface area contributed by atoms with E-state index in [1.807, 2.05) is 6.92 Å². The van der Waals surface area contributed by atoms with E-state index in [9.17, 15) is 9.90 Å². The van der Waals surface area contributed by atoms with Crippen LogP contribution in [0.15, 0.2) is 12.2 Å². The lowest BCUT2D eigenvalue weighted by atomic mass is 9.94. The quantitative estimate of drug-likeness (QED) is 0.667. The Balaban J connectivity index is 2.06. The second-order valence-electron chi connectivity index (χ2n) is 6.38. The van der Waals surface area contributed by atoms with Gasteiger partial charge in [0.25, 0.3) is 0 Å². The average Bonchev–Trinajstić information content (AvgIpc) is 2.54. The summed E-state index contributed by atoms with van der Waals surface area (Å²) < 4.78 is 0. The van der Waals surface area contributed by atoms with Gasteiger partial charge in [-0.05, 0) is 51.7 Å². The van der Waals surface area contributed by atoms with Gasteiger partial charge >= 0.3 is 0 Å². The molecule has 1 saturated heterocycles. The van der Waals surface area contributed by atoms with Gasteiger partial charge in [0.2, 0.25) is 5.91 Å². The number of hydrogen-bond donors (Lipinski definition) is 3. The molecule has 126 valence electrons. The van der Waals surface area contributed by atoms with Crippen LogP contribution in [-0.2, 0) is 4.79 Å². The van der Waals surface area contributed by atoms with Crippen molar-refractivity contribution in [1.29, 1.82) is 0 Å². The van der Waals surface area contributed by atoms with Gasteiger partial charge in [-0.15, -0.1) is 0 Å². The molecule has 0 saturated carbocycles. The number of carbonyl (C=O) groups is 1. The number of nitrogens with zero attached hydrogens (tertiary/aromatic N) is 1. The van der Waals surface area contributed by atoms with Crippen molar-refractivity contribution in [3.63, 3.8) is 0 Å². The van der Waals surface area contributed by atoms with Gasteiger partial charge in [0, 0.05) is 25.0 Å². The van der Waals surface area contributed by atoms with Crippen LogP contribution >= 0.6 is 0 Å². The summed E-state index contributed by atoms with van der Waals surface area (Å²) in [6.45, 7) is 5.71. The smallest absolute Gasteiger partial charge is 0.221 e. The minimum absolute atomic E-state index is 0.116. The van der Waals surface area contributed by atoms with Crippen molar-refractivity contribution in [3.05, 3.63) is 12.2 Å². The number of carbonyl (C=O) groups excluding carboxylic acids is 1. The normalized spacial score (nSPS) is 30.4. The number of amides is 1. The second kappa shape index (κ2) is 9.28. The van der Waals surface area contributed by atoms with Crippen LogP contribution in [0.1, 0.15) is 45.4 Å². The molecule has 0 aromatic rings. The van der Waals surface area contributed by atoms with E-state index in [-0.39, 0.29) is 24.1 Å². The van der Waals surface area contributed by atoms with E-state index in [2.05, 4.69) is 27.7 Å². The number of hydrogen-bond acceptors (Lipinski definition) is 4. The number of nitrogens with one attached hydrogen (secondary N) is 2. The highest BCUT2D eigenvalue weighted by atomic mass is 16.3. The van der Waals surface area contributed by atoms with Gasteiger partial charge in [-0.2, -0.15) is 0 Å². The highest BCUT2D eigenvalue weighted by molar-refractivity contribution is 5.76. The third-order valence-electron chi connectivity index (χ3n) is 4.72. The van der Waals surface area contributed by atoms with Crippen LogP contribution in [0.3, 0.4) is 0 Å². The lowest BCUT2D eigenvalue weighted by Gasteiger charge is -2.41. The van der Waals surface area contributed by atoms with Crippen LogP contribution in [-0.4, -0.2) is 60.3 Å². The monoisotopic (exact) mass is 309 g/mol. The van der Waals surface area contributed by atoms with Crippen LogP contribution in [0.25, 0.3) is 0 Å². The summed E-state index contributed by atoms with van der Waals surface area (Å²) in [5.41, 5.74) is 0. The molecule has 1 fully saturated rings. The maximum Gasteiger partial charge on any atom is 0.221 e. The average molecular weight is 309 g/mol. The van der Waals surface area contributed by atoms with Crippen molar-refractivity contribution in [2.75, 3.05) is 26.2 Å². The molecule has 2 aliphatic rings. The molecular formula is C17H31N3O2. The Labute approximate surface area is 134 Å². The van der Waals surface area contributed by atoms with Crippen LogP contribution < -0.4 is 10.6 Å². The van der Waals surface area contributed by atoms with Crippen molar-refractivity contribution < 1.29 is 9.90 Å². The van der Waals surface area contributed by atoms with Crippen LogP contribution in [0.2, 0.25) is 0 Å². The Bertz CT molecular complexity index is 373. The van der Waals surface area contributed by atoms with Gasteiger partial charge in [-0.3, -0.25) is 9.69 Å². The fraction of sp³-hybridized carbons (Fsp3) is 0.824. The third-order valence-corrected chi connectivity index (χ3v) is 4.72. The van der Waals surface area contributed by atoms with E-state index in [1.54, 1.807) is 0 Å². The summed E-state index contributed by atoms with van der Waals surface area (Å²) in [6.07, 6.45) is 9.33. The largest absolute Gasteiger partial charge is 0.391 e. The molecule has 22 heavy (non-hydrogen) atoms. The number of fused-ring (bicyclic) bond motifs is 1. The molecule has 1 unspecified atom stereocenters. The zero-order valence-electron chi connectivity index (χ0n) is 13.8. The molecule has 3 atom stereocenters. The number of rotatable bonds is 2. The molecule has 0 spiro atoms. The summed E-state index contributed by atoms with van der Waals surface area (Å²) in [4.78, 5) is 14.5. The van der Waals surface area contributed by atoms with Crippen molar-refractivity contribution in [1.82, 2.24) is 15.5 Å². The number of aliphatic hydroxyl groups is 1. The van der Waals surface area contributed by atoms with Gasteiger partial charge in [0.15, 0.2) is 0 Å². The third kappa shape index (κ3) is 5.07. The first-order chi connectivity index (χ1) is 10.7.